The van der Waals surface area contributed by atoms with Crippen LogP contribution in [-0.4, -0.2) is 50.1 Å². The first-order chi connectivity index (χ1) is 19.4. The summed E-state index contributed by atoms with van der Waals surface area (Å²) in [5.74, 6) is -0.499. The quantitative estimate of drug-likeness (QED) is 0.409. The van der Waals surface area contributed by atoms with E-state index in [0.717, 1.165) is 19.3 Å². The Kier molecular flexibility index (Phi) is 6.74. The van der Waals surface area contributed by atoms with Gasteiger partial charge < -0.3 is 24.6 Å². The highest BCUT2D eigenvalue weighted by molar-refractivity contribution is 6.10. The number of ether oxygens (including phenoxy) is 1. The lowest BCUT2D eigenvalue weighted by atomic mass is 9.66. The van der Waals surface area contributed by atoms with Crippen molar-refractivity contribution in [1.82, 2.24) is 20.1 Å². The Bertz CT molecular complexity index is 1480. The molecule has 1 unspecified atom stereocenters. The van der Waals surface area contributed by atoms with Crippen molar-refractivity contribution in [3.8, 4) is 0 Å². The SMILES string of the molecule is CO[C@H]1C[C@](O)(C(c2cccc(N3Cc4c(cc(CNC5(C)CCC5)cc4C(F)(F)F)C3=O)c2)c2nncn2C)C1. The molecule has 2 aliphatic carbocycles. The van der Waals surface area contributed by atoms with Gasteiger partial charge in [-0.25, -0.2) is 0 Å². The lowest BCUT2D eigenvalue weighted by Gasteiger charge is -2.47. The molecule has 41 heavy (non-hydrogen) atoms. The van der Waals surface area contributed by atoms with Crippen LogP contribution in [-0.2, 0) is 31.1 Å². The van der Waals surface area contributed by atoms with Gasteiger partial charge in [-0.2, -0.15) is 13.2 Å². The maximum Gasteiger partial charge on any atom is 0.416 e. The van der Waals surface area contributed by atoms with Crippen LogP contribution < -0.4 is 10.2 Å². The summed E-state index contributed by atoms with van der Waals surface area (Å²) in [6.45, 7) is 2.14. The lowest BCUT2D eigenvalue weighted by molar-refractivity contribution is -0.138. The van der Waals surface area contributed by atoms with E-state index in [9.17, 15) is 23.1 Å². The van der Waals surface area contributed by atoms with E-state index >= 15 is 0 Å². The van der Waals surface area contributed by atoms with E-state index in [0.29, 0.717) is 35.5 Å². The smallest absolute Gasteiger partial charge is 0.389 e. The summed E-state index contributed by atoms with van der Waals surface area (Å²) >= 11 is 0. The maximum atomic E-state index is 14.2. The monoisotopic (exact) mass is 569 g/mol. The number of aliphatic hydroxyl groups is 1. The fourth-order valence-corrected chi connectivity index (χ4v) is 6.49. The van der Waals surface area contributed by atoms with Gasteiger partial charge in [-0.3, -0.25) is 4.79 Å². The summed E-state index contributed by atoms with van der Waals surface area (Å²) < 4.78 is 49.8. The molecule has 2 N–H and O–H groups in total. The molecule has 1 aliphatic heterocycles. The number of anilines is 1. The van der Waals surface area contributed by atoms with E-state index in [4.69, 9.17) is 4.74 Å². The summed E-state index contributed by atoms with van der Waals surface area (Å²) in [7, 11) is 3.39. The summed E-state index contributed by atoms with van der Waals surface area (Å²) in [4.78, 5) is 15.0. The van der Waals surface area contributed by atoms with Crippen LogP contribution in [0, 0.1) is 0 Å². The van der Waals surface area contributed by atoms with Crippen molar-refractivity contribution in [1.29, 1.82) is 0 Å². The van der Waals surface area contributed by atoms with Crippen molar-refractivity contribution in [2.24, 2.45) is 7.05 Å². The van der Waals surface area contributed by atoms with E-state index in [2.05, 4.69) is 22.4 Å². The third-order valence-electron chi connectivity index (χ3n) is 9.14. The molecule has 2 aromatic carbocycles. The molecular formula is C30H34F3N5O3. The van der Waals surface area contributed by atoms with Crippen LogP contribution in [0.2, 0.25) is 0 Å². The molecule has 1 amide bonds. The van der Waals surface area contributed by atoms with Crippen LogP contribution in [0.4, 0.5) is 18.9 Å². The molecule has 1 atom stereocenters. The minimum atomic E-state index is -4.60. The van der Waals surface area contributed by atoms with Gasteiger partial charge in [-0.1, -0.05) is 12.1 Å². The number of nitrogens with zero attached hydrogens (tertiary/aromatic N) is 4. The van der Waals surface area contributed by atoms with E-state index in [1.807, 2.05) is 6.07 Å². The molecule has 11 heteroatoms. The number of hydrogen-bond donors (Lipinski definition) is 2. The molecule has 3 aromatic rings. The van der Waals surface area contributed by atoms with Gasteiger partial charge in [0, 0.05) is 50.3 Å². The molecule has 0 radical (unpaired) electrons. The first-order valence-electron chi connectivity index (χ1n) is 13.9. The summed E-state index contributed by atoms with van der Waals surface area (Å²) in [6.07, 6.45) is 0.696. The molecule has 218 valence electrons. The third-order valence-corrected chi connectivity index (χ3v) is 9.14. The topological polar surface area (TPSA) is 92.5 Å². The number of rotatable bonds is 8. The first kappa shape index (κ1) is 27.9. The van der Waals surface area contributed by atoms with Crippen molar-refractivity contribution >= 4 is 11.6 Å². The van der Waals surface area contributed by atoms with Gasteiger partial charge in [0.05, 0.1) is 29.7 Å². The van der Waals surface area contributed by atoms with Crippen LogP contribution in [0.15, 0.2) is 42.7 Å². The zero-order chi connectivity index (χ0) is 29.2. The summed E-state index contributed by atoms with van der Waals surface area (Å²) in [5.41, 5.74) is -0.366. The van der Waals surface area contributed by atoms with Crippen LogP contribution in [0.1, 0.15) is 83.4 Å². The number of methoxy groups -OCH3 is 1. The Morgan fingerprint density at radius 3 is 2.59 bits per heavy atom. The molecule has 2 saturated carbocycles. The number of carbonyl (C=O) groups excluding carboxylic acids is 1. The van der Waals surface area contributed by atoms with Crippen molar-refractivity contribution in [3.63, 3.8) is 0 Å². The van der Waals surface area contributed by atoms with E-state index in [1.54, 1.807) is 49.3 Å². The van der Waals surface area contributed by atoms with Gasteiger partial charge in [0.15, 0.2) is 0 Å². The number of aromatic nitrogens is 3. The van der Waals surface area contributed by atoms with Crippen LogP contribution in [0.3, 0.4) is 0 Å². The fraction of sp³-hybridized carbons (Fsp3) is 0.500. The maximum absolute atomic E-state index is 14.2. The highest BCUT2D eigenvalue weighted by Crippen LogP contribution is 2.48. The largest absolute Gasteiger partial charge is 0.416 e. The molecule has 3 aliphatic rings. The average molecular weight is 570 g/mol. The minimum absolute atomic E-state index is 0.0167. The highest BCUT2D eigenvalue weighted by atomic mass is 19.4. The van der Waals surface area contributed by atoms with E-state index < -0.39 is 29.2 Å². The Morgan fingerprint density at radius 1 is 1.22 bits per heavy atom. The molecule has 8 nitrogen and oxygen atoms in total. The van der Waals surface area contributed by atoms with Gasteiger partial charge in [-0.05, 0) is 67.1 Å². The number of nitrogens with one attached hydrogen (secondary N) is 1. The Balaban J connectivity index is 1.34. The van der Waals surface area contributed by atoms with Crippen molar-refractivity contribution in [2.45, 2.75) is 81.5 Å². The zero-order valence-electron chi connectivity index (χ0n) is 23.3. The number of aryl methyl sites for hydroxylation is 1. The fourth-order valence-electron chi connectivity index (χ4n) is 6.49. The molecule has 0 saturated heterocycles. The number of hydrogen-bond acceptors (Lipinski definition) is 6. The predicted molar refractivity (Wildman–Crippen MR) is 145 cm³/mol. The second kappa shape index (κ2) is 9.92. The van der Waals surface area contributed by atoms with Crippen LogP contribution in [0.5, 0.6) is 0 Å². The van der Waals surface area contributed by atoms with Crippen molar-refractivity contribution in [2.75, 3.05) is 12.0 Å². The Labute approximate surface area is 236 Å². The second-order valence-electron chi connectivity index (χ2n) is 12.0. The van der Waals surface area contributed by atoms with Crippen LogP contribution >= 0.6 is 0 Å². The molecule has 0 bridgehead atoms. The Hall–Kier alpha value is -3.28. The predicted octanol–water partition coefficient (Wildman–Crippen LogP) is 4.70. The number of amides is 1. The number of halogens is 3. The number of carbonyl (C=O) groups is 1. The normalized spacial score (nSPS) is 24.1. The van der Waals surface area contributed by atoms with Gasteiger partial charge in [-0.15, -0.1) is 10.2 Å². The summed E-state index contributed by atoms with van der Waals surface area (Å²) in [6, 6.07) is 9.81. The lowest BCUT2D eigenvalue weighted by Crippen LogP contribution is -2.53. The van der Waals surface area contributed by atoms with Gasteiger partial charge >= 0.3 is 6.18 Å². The Morgan fingerprint density at radius 2 is 1.98 bits per heavy atom. The molecule has 1 aromatic heterocycles. The third kappa shape index (κ3) is 4.93. The standard InChI is InChI=1S/C30H34F3N5O3/c1-28(8-5-9-28)34-15-18-10-22-23(24(11-18)30(31,32)33)16-38(27(22)39)20-7-4-6-19(12-20)25(26-36-35-17-37(26)2)29(40)13-21(14-29)41-3/h4,6-7,10-12,17,21,25,34,40H,5,8-9,13-16H2,1-3H3/t21-,25?,29+. The highest BCUT2D eigenvalue weighted by Gasteiger charge is 2.51. The van der Waals surface area contributed by atoms with Gasteiger partial charge in [0.25, 0.3) is 5.91 Å². The van der Waals surface area contributed by atoms with E-state index in [-0.39, 0.29) is 35.9 Å². The average Bonchev–Trinajstić information content (AvgIpc) is 3.46. The molecular weight excluding hydrogens is 535 g/mol. The minimum Gasteiger partial charge on any atom is -0.389 e. The van der Waals surface area contributed by atoms with Gasteiger partial charge in [0.2, 0.25) is 0 Å². The summed E-state index contributed by atoms with van der Waals surface area (Å²) in [5, 5.41) is 23.2. The number of alkyl halides is 3. The van der Waals surface area contributed by atoms with Crippen molar-refractivity contribution in [3.05, 3.63) is 76.4 Å². The van der Waals surface area contributed by atoms with E-state index in [1.165, 1.54) is 11.0 Å². The van der Waals surface area contributed by atoms with Crippen molar-refractivity contribution < 1.29 is 27.8 Å². The zero-order valence-corrected chi connectivity index (χ0v) is 23.3. The number of fused-ring (bicyclic) bond motifs is 1. The second-order valence-corrected chi connectivity index (χ2v) is 12.0. The first-order valence-corrected chi connectivity index (χ1v) is 13.9. The van der Waals surface area contributed by atoms with Crippen LogP contribution in [0.25, 0.3) is 0 Å². The molecule has 2 heterocycles. The molecule has 0 spiro atoms. The number of benzene rings is 2. The molecule has 2 fully saturated rings. The van der Waals surface area contributed by atoms with Gasteiger partial charge in [0.1, 0.15) is 12.2 Å². The molecule has 6 rings (SSSR count).